The van der Waals surface area contributed by atoms with E-state index in [0.717, 1.165) is 13.0 Å². The third-order valence-electron chi connectivity index (χ3n) is 4.22. The van der Waals surface area contributed by atoms with Gasteiger partial charge in [0.05, 0.1) is 4.90 Å². The zero-order chi connectivity index (χ0) is 17.7. The molecule has 1 aromatic carbocycles. The number of carbonyl (C=O) groups is 1. The van der Waals surface area contributed by atoms with E-state index in [1.807, 2.05) is 7.05 Å². The van der Waals surface area contributed by atoms with Gasteiger partial charge in [-0.05, 0) is 38.2 Å². The Kier molecular flexibility index (Phi) is 6.34. The average Bonchev–Trinajstić information content (AvgIpc) is 2.79. The predicted molar refractivity (Wildman–Crippen MR) is 94.2 cm³/mol. The number of carbonyl (C=O) groups excluding carboxylic acids is 1. The Morgan fingerprint density at radius 1 is 1.29 bits per heavy atom. The van der Waals surface area contributed by atoms with Gasteiger partial charge in [0.1, 0.15) is 0 Å². The van der Waals surface area contributed by atoms with Crippen LogP contribution in [0.15, 0.2) is 29.2 Å². The molecule has 134 valence electrons. The predicted octanol–water partition coefficient (Wildman–Crippen LogP) is 0.546. The number of hydrogen-bond donors (Lipinski definition) is 2. The summed E-state index contributed by atoms with van der Waals surface area (Å²) in [5, 5.41) is 2.72. The lowest BCUT2D eigenvalue weighted by Gasteiger charge is -2.20. The van der Waals surface area contributed by atoms with Crippen LogP contribution in [0, 0.1) is 5.92 Å². The van der Waals surface area contributed by atoms with Gasteiger partial charge in [0.25, 0.3) is 0 Å². The van der Waals surface area contributed by atoms with Crippen molar-refractivity contribution in [3.63, 3.8) is 0 Å². The summed E-state index contributed by atoms with van der Waals surface area (Å²) in [7, 11) is -1.57. The molecule has 0 spiro atoms. The molecule has 0 aromatic heterocycles. The summed E-state index contributed by atoms with van der Waals surface area (Å²) in [4.78, 5) is 14.3. The number of nitrogens with one attached hydrogen (secondary N) is 1. The zero-order valence-corrected chi connectivity index (χ0v) is 15.1. The fourth-order valence-electron chi connectivity index (χ4n) is 2.52. The first-order valence-electron chi connectivity index (χ1n) is 8.14. The number of hydrogen-bond acceptors (Lipinski definition) is 5. The fourth-order valence-corrected chi connectivity index (χ4v) is 4.04. The first-order chi connectivity index (χ1) is 11.3. The van der Waals surface area contributed by atoms with Crippen molar-refractivity contribution in [3.05, 3.63) is 24.3 Å². The Balaban J connectivity index is 2.18. The van der Waals surface area contributed by atoms with Crippen molar-refractivity contribution in [2.75, 3.05) is 45.1 Å². The quantitative estimate of drug-likeness (QED) is 0.805. The highest BCUT2D eigenvalue weighted by Gasteiger charge is 2.26. The normalized spacial score (nSPS) is 18.8. The van der Waals surface area contributed by atoms with E-state index in [4.69, 9.17) is 5.73 Å². The van der Waals surface area contributed by atoms with Gasteiger partial charge in [-0.1, -0.05) is 13.0 Å². The number of benzene rings is 1. The van der Waals surface area contributed by atoms with E-state index in [0.29, 0.717) is 25.3 Å². The van der Waals surface area contributed by atoms with Crippen LogP contribution in [-0.2, 0) is 14.8 Å². The molecule has 1 heterocycles. The van der Waals surface area contributed by atoms with Crippen molar-refractivity contribution in [1.82, 2.24) is 9.21 Å². The lowest BCUT2D eigenvalue weighted by molar-refractivity contribution is -0.119. The van der Waals surface area contributed by atoms with Crippen LogP contribution in [0.4, 0.5) is 5.69 Å². The Morgan fingerprint density at radius 3 is 2.75 bits per heavy atom. The molecule has 1 aromatic rings. The van der Waals surface area contributed by atoms with Crippen molar-refractivity contribution in [3.8, 4) is 0 Å². The van der Waals surface area contributed by atoms with Gasteiger partial charge in [-0.15, -0.1) is 0 Å². The molecule has 0 bridgehead atoms. The number of nitrogens with zero attached hydrogens (tertiary/aromatic N) is 2. The standard InChI is InChI=1S/C16H26N4O3S/c1-13(12-17)16(21)18-14-5-3-6-15(11-14)24(22,23)20-8-4-7-19(2)9-10-20/h3,5-6,11,13H,4,7-10,12,17H2,1-2H3,(H,18,21). The molecule has 1 fully saturated rings. The van der Waals surface area contributed by atoms with Gasteiger partial charge in [0.15, 0.2) is 0 Å². The van der Waals surface area contributed by atoms with Crippen molar-refractivity contribution in [1.29, 1.82) is 0 Å². The zero-order valence-electron chi connectivity index (χ0n) is 14.2. The summed E-state index contributed by atoms with van der Waals surface area (Å²) < 4.78 is 27.2. The minimum absolute atomic E-state index is 0.199. The number of amides is 1. The largest absolute Gasteiger partial charge is 0.330 e. The Bertz CT molecular complexity index is 678. The first-order valence-corrected chi connectivity index (χ1v) is 9.58. The molecule has 1 atom stereocenters. The van der Waals surface area contributed by atoms with E-state index in [1.54, 1.807) is 25.1 Å². The number of sulfonamides is 1. The average molecular weight is 354 g/mol. The van der Waals surface area contributed by atoms with Gasteiger partial charge in [-0.2, -0.15) is 4.31 Å². The molecular weight excluding hydrogens is 328 g/mol. The van der Waals surface area contributed by atoms with Gasteiger partial charge >= 0.3 is 0 Å². The van der Waals surface area contributed by atoms with Crippen molar-refractivity contribution in [2.24, 2.45) is 11.7 Å². The van der Waals surface area contributed by atoms with E-state index >= 15 is 0 Å². The lowest BCUT2D eigenvalue weighted by atomic mass is 10.1. The van der Waals surface area contributed by atoms with Gasteiger partial charge < -0.3 is 16.0 Å². The number of anilines is 1. The van der Waals surface area contributed by atoms with Crippen LogP contribution in [0.5, 0.6) is 0 Å². The highest BCUT2D eigenvalue weighted by molar-refractivity contribution is 7.89. The van der Waals surface area contributed by atoms with E-state index in [9.17, 15) is 13.2 Å². The molecule has 0 aliphatic carbocycles. The van der Waals surface area contributed by atoms with Crippen LogP contribution in [0.2, 0.25) is 0 Å². The lowest BCUT2D eigenvalue weighted by Crippen LogP contribution is -2.34. The molecule has 1 saturated heterocycles. The summed E-state index contributed by atoms with van der Waals surface area (Å²) >= 11 is 0. The van der Waals surface area contributed by atoms with Crippen molar-refractivity contribution >= 4 is 21.6 Å². The van der Waals surface area contributed by atoms with Crippen molar-refractivity contribution < 1.29 is 13.2 Å². The second kappa shape index (κ2) is 8.06. The molecule has 0 radical (unpaired) electrons. The van der Waals surface area contributed by atoms with Crippen LogP contribution in [0.25, 0.3) is 0 Å². The maximum Gasteiger partial charge on any atom is 0.243 e. The molecule has 7 nitrogen and oxygen atoms in total. The van der Waals surface area contributed by atoms with E-state index in [-0.39, 0.29) is 23.3 Å². The van der Waals surface area contributed by atoms with Crippen molar-refractivity contribution in [2.45, 2.75) is 18.2 Å². The third kappa shape index (κ3) is 4.54. The van der Waals surface area contributed by atoms with E-state index < -0.39 is 10.0 Å². The van der Waals surface area contributed by atoms with Gasteiger partial charge in [-0.3, -0.25) is 4.79 Å². The van der Waals surface area contributed by atoms with Crippen LogP contribution < -0.4 is 11.1 Å². The maximum atomic E-state index is 12.8. The van der Waals surface area contributed by atoms with Gasteiger partial charge in [0.2, 0.25) is 15.9 Å². The maximum absolute atomic E-state index is 12.8. The summed E-state index contributed by atoms with van der Waals surface area (Å²) in [6, 6.07) is 6.38. The minimum Gasteiger partial charge on any atom is -0.330 e. The van der Waals surface area contributed by atoms with Gasteiger partial charge in [-0.25, -0.2) is 8.42 Å². The highest BCUT2D eigenvalue weighted by atomic mass is 32.2. The molecule has 0 saturated carbocycles. The Hall–Kier alpha value is -1.48. The third-order valence-corrected chi connectivity index (χ3v) is 6.11. The molecule has 8 heteroatoms. The summed E-state index contributed by atoms with van der Waals surface area (Å²) in [5.74, 6) is -0.546. The molecule has 1 unspecified atom stereocenters. The van der Waals surface area contributed by atoms with Crippen LogP contribution in [-0.4, -0.2) is 63.3 Å². The van der Waals surface area contributed by atoms with Gasteiger partial charge in [0, 0.05) is 37.8 Å². The van der Waals surface area contributed by atoms with Crippen LogP contribution >= 0.6 is 0 Å². The number of rotatable bonds is 5. The summed E-state index contributed by atoms with van der Waals surface area (Å²) in [6.45, 7) is 4.55. The molecule has 3 N–H and O–H groups in total. The Labute approximate surface area is 143 Å². The minimum atomic E-state index is -3.56. The topological polar surface area (TPSA) is 95.7 Å². The molecular formula is C16H26N4O3S. The summed E-state index contributed by atoms with van der Waals surface area (Å²) in [5.41, 5.74) is 5.95. The highest BCUT2D eigenvalue weighted by Crippen LogP contribution is 2.21. The Morgan fingerprint density at radius 2 is 2.04 bits per heavy atom. The molecule has 24 heavy (non-hydrogen) atoms. The van der Waals surface area contributed by atoms with Crippen LogP contribution in [0.3, 0.4) is 0 Å². The van der Waals surface area contributed by atoms with Crippen LogP contribution in [0.1, 0.15) is 13.3 Å². The van der Waals surface area contributed by atoms with E-state index in [2.05, 4.69) is 10.2 Å². The van der Waals surface area contributed by atoms with E-state index in [1.165, 1.54) is 10.4 Å². The number of likely N-dealkylation sites (N-methyl/N-ethyl adjacent to an activating group) is 1. The molecule has 1 aliphatic rings. The number of nitrogens with two attached hydrogens (primary N) is 1. The molecule has 1 amide bonds. The SMILES string of the molecule is CC(CN)C(=O)Nc1cccc(S(=O)(=O)N2CCCN(C)CC2)c1. The fraction of sp³-hybridized carbons (Fsp3) is 0.562. The molecule has 1 aliphatic heterocycles. The second-order valence-corrected chi connectivity index (χ2v) is 8.15. The second-order valence-electron chi connectivity index (χ2n) is 6.21. The smallest absolute Gasteiger partial charge is 0.243 e. The monoisotopic (exact) mass is 354 g/mol. The summed E-state index contributed by atoms with van der Waals surface area (Å²) in [6.07, 6.45) is 0.806. The molecule has 2 rings (SSSR count). The first kappa shape index (κ1) is 18.9.